The number of ether oxygens (including phenoxy) is 1. The zero-order chi connectivity index (χ0) is 33.0. The largest absolute Gasteiger partial charge is 0.573 e. The number of carbonyl (C=O) groups is 1. The molecule has 2 atom stereocenters. The second-order valence-corrected chi connectivity index (χ2v) is 11.9. The van der Waals surface area contributed by atoms with Gasteiger partial charge in [0.05, 0.1) is 11.8 Å². The van der Waals surface area contributed by atoms with Crippen LogP contribution in [-0.4, -0.2) is 50.3 Å². The van der Waals surface area contributed by atoms with Gasteiger partial charge in [-0.15, -0.1) is 18.3 Å². The number of halogens is 3. The normalized spacial score (nSPS) is 16.9. The molecule has 236 valence electrons. The van der Waals surface area contributed by atoms with Gasteiger partial charge < -0.3 is 9.64 Å². The monoisotopic (exact) mass is 645 g/mol. The van der Waals surface area contributed by atoms with Crippen molar-refractivity contribution in [3.63, 3.8) is 0 Å². The number of urea groups is 1. The summed E-state index contributed by atoms with van der Waals surface area (Å²) in [4.78, 5) is 27.6. The predicted molar refractivity (Wildman–Crippen MR) is 173 cm³/mol. The van der Waals surface area contributed by atoms with Gasteiger partial charge >= 0.3 is 12.4 Å². The second-order valence-electron chi connectivity index (χ2n) is 10.8. The number of anilines is 1. The van der Waals surface area contributed by atoms with Crippen molar-refractivity contribution < 1.29 is 22.7 Å². The average molecular weight is 646 g/mol. The van der Waals surface area contributed by atoms with Gasteiger partial charge in [0, 0.05) is 29.3 Å². The summed E-state index contributed by atoms with van der Waals surface area (Å²) < 4.78 is 42.6. The van der Waals surface area contributed by atoms with Crippen LogP contribution < -0.4 is 9.64 Å². The molecule has 9 nitrogen and oxygen atoms in total. The number of carbonyl (C=O) groups excluding carboxylic acids is 1. The first-order valence-electron chi connectivity index (χ1n) is 14.4. The molecule has 0 saturated carbocycles. The molecule has 1 aliphatic heterocycles. The van der Waals surface area contributed by atoms with Crippen molar-refractivity contribution in [3.05, 3.63) is 89.2 Å². The molecule has 2 amide bonds. The van der Waals surface area contributed by atoms with Crippen LogP contribution in [0.5, 0.6) is 5.75 Å². The third kappa shape index (κ3) is 7.63. The van der Waals surface area contributed by atoms with Crippen LogP contribution in [0.25, 0.3) is 17.1 Å². The highest BCUT2D eigenvalue weighted by Gasteiger charge is 2.31. The number of rotatable bonds is 6. The van der Waals surface area contributed by atoms with Gasteiger partial charge in [-0.05, 0) is 75.1 Å². The van der Waals surface area contributed by atoms with Gasteiger partial charge in [-0.1, -0.05) is 53.7 Å². The summed E-state index contributed by atoms with van der Waals surface area (Å²) in [6.07, 6.45) is -1.09. The fraction of sp³-hybridized carbons (Fsp3) is 0.273. The number of hydrogen-bond acceptors (Lipinski definition) is 6. The molecule has 1 aromatic heterocycles. The van der Waals surface area contributed by atoms with Crippen LogP contribution in [0.1, 0.15) is 41.5 Å². The van der Waals surface area contributed by atoms with E-state index in [0.717, 1.165) is 29.0 Å². The van der Waals surface area contributed by atoms with E-state index in [0.29, 0.717) is 27.8 Å². The number of nitriles is 1. The van der Waals surface area contributed by atoms with Gasteiger partial charge in [-0.25, -0.2) is 19.5 Å². The van der Waals surface area contributed by atoms with Crippen molar-refractivity contribution >= 4 is 34.9 Å². The summed E-state index contributed by atoms with van der Waals surface area (Å²) in [6.45, 7) is 8.29. The number of amidine groups is 1. The lowest BCUT2D eigenvalue weighted by Gasteiger charge is -2.37. The van der Waals surface area contributed by atoms with Gasteiger partial charge in [-0.2, -0.15) is 10.3 Å². The minimum absolute atomic E-state index is 0.154. The Labute approximate surface area is 268 Å². The molecular weight excluding hydrogens is 615 g/mol. The predicted octanol–water partition coefficient (Wildman–Crippen LogP) is 7.94. The van der Waals surface area contributed by atoms with E-state index in [1.54, 1.807) is 24.3 Å². The van der Waals surface area contributed by atoms with Crippen LogP contribution in [0.4, 0.5) is 23.7 Å². The second kappa shape index (κ2) is 13.6. The van der Waals surface area contributed by atoms with Crippen LogP contribution in [-0.2, 0) is 0 Å². The topological polar surface area (TPSA) is 109 Å². The lowest BCUT2D eigenvalue weighted by atomic mass is 10.0. The van der Waals surface area contributed by atoms with E-state index in [1.165, 1.54) is 58.8 Å². The van der Waals surface area contributed by atoms with Crippen molar-refractivity contribution in [1.82, 2.24) is 14.8 Å². The summed E-state index contributed by atoms with van der Waals surface area (Å²) in [5.74, 6) is 0.0738. The maximum atomic E-state index is 12.9. The SMILES string of the molecule is Cc1cc(C)c(N2C(=NC(=O)N=CC(C#N)c3ccc(-c4ncn(-c5ccc(OC(F)(F)F)cc5)n4)cc3)SCCC2C)c(C)c1. The molecule has 4 aromatic rings. The molecule has 0 radical (unpaired) electrons. The van der Waals surface area contributed by atoms with Crippen LogP contribution in [0.2, 0.25) is 0 Å². The molecule has 3 aromatic carbocycles. The Morgan fingerprint density at radius 3 is 2.41 bits per heavy atom. The Kier molecular flexibility index (Phi) is 9.57. The highest BCUT2D eigenvalue weighted by molar-refractivity contribution is 8.14. The number of hydrogen-bond donors (Lipinski definition) is 0. The minimum atomic E-state index is -4.77. The van der Waals surface area contributed by atoms with E-state index in [9.17, 15) is 23.2 Å². The smallest absolute Gasteiger partial charge is 0.406 e. The molecule has 13 heteroatoms. The number of aliphatic imine (C=N–C) groups is 2. The van der Waals surface area contributed by atoms with Gasteiger partial charge in [0.25, 0.3) is 0 Å². The first-order chi connectivity index (χ1) is 21.9. The van der Waals surface area contributed by atoms with Gasteiger partial charge in [0.2, 0.25) is 0 Å². The Hall–Kier alpha value is -4.96. The van der Waals surface area contributed by atoms with E-state index >= 15 is 0 Å². The standard InChI is InChI=1S/C33H30F3N7O2S/c1-20-15-21(2)29(22(3)16-20)43-23(4)13-14-46-32(43)40-31(44)38-18-26(17-37)24-5-7-25(8-6-24)30-39-19-42(41-30)27-9-11-28(12-10-27)45-33(34,35)36/h5-12,15-16,18-19,23,26H,13-14H2,1-4H3. The molecular formula is C33H30F3N7O2S. The van der Waals surface area contributed by atoms with E-state index in [4.69, 9.17) is 0 Å². The number of thioether (sulfide) groups is 1. The number of nitrogens with zero attached hydrogens (tertiary/aromatic N) is 7. The van der Waals surface area contributed by atoms with Crippen LogP contribution >= 0.6 is 11.8 Å². The summed E-state index contributed by atoms with van der Waals surface area (Å²) >= 11 is 1.51. The molecule has 0 spiro atoms. The molecule has 1 fully saturated rings. The van der Waals surface area contributed by atoms with E-state index < -0.39 is 18.3 Å². The Balaban J connectivity index is 1.28. The van der Waals surface area contributed by atoms with Crippen molar-refractivity contribution in [2.75, 3.05) is 10.7 Å². The fourth-order valence-electron chi connectivity index (χ4n) is 5.27. The molecule has 1 aliphatic rings. The zero-order valence-electron chi connectivity index (χ0n) is 25.5. The number of benzene rings is 3. The summed E-state index contributed by atoms with van der Waals surface area (Å²) in [5, 5.41) is 14.8. The highest BCUT2D eigenvalue weighted by atomic mass is 32.2. The molecule has 0 aliphatic carbocycles. The van der Waals surface area contributed by atoms with Crippen molar-refractivity contribution in [2.45, 2.75) is 52.4 Å². The zero-order valence-corrected chi connectivity index (χ0v) is 26.3. The first kappa shape index (κ1) is 32.4. The van der Waals surface area contributed by atoms with E-state index in [1.807, 2.05) is 0 Å². The van der Waals surface area contributed by atoms with Crippen molar-refractivity contribution in [3.8, 4) is 28.9 Å². The lowest BCUT2D eigenvalue weighted by Crippen LogP contribution is -2.42. The third-order valence-corrected chi connectivity index (χ3v) is 8.30. The van der Waals surface area contributed by atoms with Gasteiger partial charge in [-0.3, -0.25) is 0 Å². The Bertz CT molecular complexity index is 1800. The van der Waals surface area contributed by atoms with E-state index in [2.05, 4.69) is 75.6 Å². The maximum absolute atomic E-state index is 12.9. The van der Waals surface area contributed by atoms with Crippen LogP contribution in [0.3, 0.4) is 0 Å². The van der Waals surface area contributed by atoms with Crippen molar-refractivity contribution in [2.24, 2.45) is 9.98 Å². The first-order valence-corrected chi connectivity index (χ1v) is 15.3. The Morgan fingerprint density at radius 2 is 1.78 bits per heavy atom. The molecule has 1 saturated heterocycles. The number of alkyl halides is 3. The third-order valence-electron chi connectivity index (χ3n) is 7.31. The quantitative estimate of drug-likeness (QED) is 0.196. The molecule has 2 unspecified atom stereocenters. The fourth-order valence-corrected chi connectivity index (χ4v) is 6.46. The lowest BCUT2D eigenvalue weighted by molar-refractivity contribution is -0.274. The molecule has 46 heavy (non-hydrogen) atoms. The van der Waals surface area contributed by atoms with Gasteiger partial charge in [0.1, 0.15) is 18.0 Å². The van der Waals surface area contributed by atoms with Gasteiger partial charge in [0.15, 0.2) is 11.0 Å². The minimum Gasteiger partial charge on any atom is -0.406 e. The molecule has 2 heterocycles. The molecule has 0 bridgehead atoms. The highest BCUT2D eigenvalue weighted by Crippen LogP contribution is 2.35. The van der Waals surface area contributed by atoms with E-state index in [-0.39, 0.29) is 11.8 Å². The van der Waals surface area contributed by atoms with Crippen molar-refractivity contribution in [1.29, 1.82) is 5.26 Å². The molecule has 0 N–H and O–H groups in total. The molecule has 5 rings (SSSR count). The summed E-state index contributed by atoms with van der Waals surface area (Å²) in [5.41, 5.74) is 6.20. The average Bonchev–Trinajstić information content (AvgIpc) is 3.49. The van der Waals surface area contributed by atoms with Crippen LogP contribution in [0, 0.1) is 32.1 Å². The van der Waals surface area contributed by atoms with Crippen LogP contribution in [0.15, 0.2) is 77.0 Å². The number of aryl methyl sites for hydroxylation is 3. The number of amides is 2. The summed E-state index contributed by atoms with van der Waals surface area (Å²) in [6, 6.07) is 18.0. The maximum Gasteiger partial charge on any atom is 0.573 e. The number of aromatic nitrogens is 3. The Morgan fingerprint density at radius 1 is 1.11 bits per heavy atom. The summed E-state index contributed by atoms with van der Waals surface area (Å²) in [7, 11) is 0.